The number of nitrogens with zero attached hydrogens (tertiary/aromatic N) is 3. The van der Waals surface area contributed by atoms with Gasteiger partial charge in [0.05, 0.1) is 30.4 Å². The molecule has 0 radical (unpaired) electrons. The van der Waals surface area contributed by atoms with Crippen LogP contribution in [-0.4, -0.2) is 42.1 Å². The highest BCUT2D eigenvalue weighted by Crippen LogP contribution is 2.25. The maximum absolute atomic E-state index is 6.06. The average molecular weight is 387 g/mol. The summed E-state index contributed by atoms with van der Waals surface area (Å²) in [6.45, 7) is 12.4. The van der Waals surface area contributed by atoms with E-state index in [1.165, 1.54) is 16.1 Å². The van der Waals surface area contributed by atoms with Gasteiger partial charge in [0, 0.05) is 24.4 Å². The van der Waals surface area contributed by atoms with Gasteiger partial charge in [0.15, 0.2) is 5.96 Å². The van der Waals surface area contributed by atoms with E-state index in [9.17, 15) is 0 Å². The minimum atomic E-state index is 0.0793. The monoisotopic (exact) mass is 386 g/mol. The highest BCUT2D eigenvalue weighted by atomic mass is 32.1. The summed E-state index contributed by atoms with van der Waals surface area (Å²) < 4.78 is 6.06. The molecule has 5 nitrogen and oxygen atoms in total. The van der Waals surface area contributed by atoms with Crippen molar-refractivity contribution >= 4 is 17.3 Å². The van der Waals surface area contributed by atoms with E-state index in [0.29, 0.717) is 19.1 Å². The van der Waals surface area contributed by atoms with Gasteiger partial charge in [0.25, 0.3) is 0 Å². The standard InChI is InChI=1S/C21H30N4OS/c1-5-22-21(23-12-17-14-27-20(24-17)15(2)3)25-10-11-26-19(13-25)18-9-7-6-8-16(18)4/h6-9,14-15,19H,5,10-13H2,1-4H3,(H,22,23). The van der Waals surface area contributed by atoms with Crippen LogP contribution in [0.3, 0.4) is 0 Å². The summed E-state index contributed by atoms with van der Waals surface area (Å²) >= 11 is 1.72. The first kappa shape index (κ1) is 19.8. The molecule has 0 spiro atoms. The molecule has 0 bridgehead atoms. The van der Waals surface area contributed by atoms with Gasteiger partial charge in [0.2, 0.25) is 0 Å². The predicted molar refractivity (Wildman–Crippen MR) is 112 cm³/mol. The van der Waals surface area contributed by atoms with Crippen LogP contribution in [0.15, 0.2) is 34.6 Å². The van der Waals surface area contributed by atoms with Crippen molar-refractivity contribution in [3.05, 3.63) is 51.5 Å². The Balaban J connectivity index is 1.72. The Kier molecular flexibility index (Phi) is 6.85. The van der Waals surface area contributed by atoms with Crippen molar-refractivity contribution in [3.8, 4) is 0 Å². The first-order valence-electron chi connectivity index (χ1n) is 9.73. The number of guanidine groups is 1. The second kappa shape index (κ2) is 9.33. The van der Waals surface area contributed by atoms with Gasteiger partial charge in [0.1, 0.15) is 6.10 Å². The molecule has 2 heterocycles. The molecule has 2 aromatic rings. The van der Waals surface area contributed by atoms with Crippen molar-refractivity contribution in [2.45, 2.75) is 46.3 Å². The number of aliphatic imine (C=N–C) groups is 1. The molecule has 1 fully saturated rings. The van der Waals surface area contributed by atoms with Crippen LogP contribution in [0.25, 0.3) is 0 Å². The first-order valence-corrected chi connectivity index (χ1v) is 10.6. The van der Waals surface area contributed by atoms with Crippen LogP contribution in [0.4, 0.5) is 0 Å². The summed E-state index contributed by atoms with van der Waals surface area (Å²) in [7, 11) is 0. The zero-order valence-corrected chi connectivity index (χ0v) is 17.6. The number of morpholine rings is 1. The Morgan fingerprint density at radius 3 is 2.93 bits per heavy atom. The maximum Gasteiger partial charge on any atom is 0.194 e. The Hall–Kier alpha value is -1.92. The van der Waals surface area contributed by atoms with Crippen molar-refractivity contribution in [2.24, 2.45) is 4.99 Å². The van der Waals surface area contributed by atoms with E-state index >= 15 is 0 Å². The molecule has 0 aliphatic carbocycles. The Morgan fingerprint density at radius 2 is 2.22 bits per heavy atom. The lowest BCUT2D eigenvalue weighted by molar-refractivity contribution is -0.00834. The van der Waals surface area contributed by atoms with Gasteiger partial charge in [-0.25, -0.2) is 9.98 Å². The normalized spacial score (nSPS) is 18.2. The lowest BCUT2D eigenvalue weighted by Gasteiger charge is -2.35. The molecule has 1 saturated heterocycles. The highest BCUT2D eigenvalue weighted by Gasteiger charge is 2.25. The SMILES string of the molecule is CCNC(=NCc1csc(C(C)C)n1)N1CCOC(c2ccccc2C)C1. The fraction of sp³-hybridized carbons (Fsp3) is 0.524. The molecule has 0 saturated carbocycles. The average Bonchev–Trinajstić information content (AvgIpc) is 3.15. The van der Waals surface area contributed by atoms with Crippen LogP contribution in [0, 0.1) is 6.92 Å². The summed E-state index contributed by atoms with van der Waals surface area (Å²) in [5, 5.41) is 6.73. The smallest absolute Gasteiger partial charge is 0.194 e. The van der Waals surface area contributed by atoms with E-state index in [4.69, 9.17) is 14.7 Å². The Labute approximate surface area is 166 Å². The predicted octanol–water partition coefficient (Wildman–Crippen LogP) is 4.11. The maximum atomic E-state index is 6.06. The van der Waals surface area contributed by atoms with Gasteiger partial charge < -0.3 is 15.0 Å². The van der Waals surface area contributed by atoms with Gasteiger partial charge in [-0.2, -0.15) is 0 Å². The summed E-state index contributed by atoms with van der Waals surface area (Å²) in [4.78, 5) is 11.9. The van der Waals surface area contributed by atoms with Crippen LogP contribution < -0.4 is 5.32 Å². The Morgan fingerprint density at radius 1 is 1.41 bits per heavy atom. The molecule has 1 aliphatic rings. The topological polar surface area (TPSA) is 49.8 Å². The molecule has 1 unspecified atom stereocenters. The Bertz CT molecular complexity index is 771. The summed E-state index contributed by atoms with van der Waals surface area (Å²) in [6.07, 6.45) is 0.0793. The number of nitrogens with one attached hydrogen (secondary N) is 1. The number of benzene rings is 1. The molecule has 1 N–H and O–H groups in total. The van der Waals surface area contributed by atoms with E-state index < -0.39 is 0 Å². The van der Waals surface area contributed by atoms with Crippen LogP contribution in [0.5, 0.6) is 0 Å². The van der Waals surface area contributed by atoms with Gasteiger partial charge in [-0.3, -0.25) is 0 Å². The van der Waals surface area contributed by atoms with Crippen LogP contribution in [0.2, 0.25) is 0 Å². The second-order valence-corrected chi connectivity index (χ2v) is 8.05. The molecule has 0 amide bonds. The van der Waals surface area contributed by atoms with Gasteiger partial charge in [-0.15, -0.1) is 11.3 Å². The van der Waals surface area contributed by atoms with Crippen LogP contribution in [0.1, 0.15) is 54.6 Å². The number of aryl methyl sites for hydroxylation is 1. The molecule has 3 rings (SSSR count). The molecule has 1 aliphatic heterocycles. The summed E-state index contributed by atoms with van der Waals surface area (Å²) in [5.74, 6) is 1.41. The number of aromatic nitrogens is 1. The van der Waals surface area contributed by atoms with E-state index in [1.54, 1.807) is 11.3 Å². The number of rotatable bonds is 5. The van der Waals surface area contributed by atoms with E-state index in [0.717, 1.165) is 31.3 Å². The molecule has 27 heavy (non-hydrogen) atoms. The van der Waals surface area contributed by atoms with Crippen LogP contribution >= 0.6 is 11.3 Å². The number of hydrogen-bond acceptors (Lipinski definition) is 4. The third-order valence-corrected chi connectivity index (χ3v) is 5.88. The second-order valence-electron chi connectivity index (χ2n) is 7.16. The largest absolute Gasteiger partial charge is 0.370 e. The number of hydrogen-bond donors (Lipinski definition) is 1. The third-order valence-electron chi connectivity index (χ3n) is 4.69. The van der Waals surface area contributed by atoms with Crippen molar-refractivity contribution in [2.75, 3.05) is 26.2 Å². The third kappa shape index (κ3) is 5.08. The van der Waals surface area contributed by atoms with E-state index in [1.807, 2.05) is 0 Å². The lowest BCUT2D eigenvalue weighted by atomic mass is 10.0. The van der Waals surface area contributed by atoms with Crippen LogP contribution in [-0.2, 0) is 11.3 Å². The van der Waals surface area contributed by atoms with Crippen molar-refractivity contribution in [1.29, 1.82) is 0 Å². The molecule has 6 heteroatoms. The van der Waals surface area contributed by atoms with E-state index in [-0.39, 0.29) is 6.10 Å². The van der Waals surface area contributed by atoms with E-state index in [2.05, 4.69) is 67.6 Å². The zero-order valence-electron chi connectivity index (χ0n) is 16.7. The van der Waals surface area contributed by atoms with Gasteiger partial charge in [-0.05, 0) is 25.0 Å². The molecule has 146 valence electrons. The summed E-state index contributed by atoms with van der Waals surface area (Å²) in [6, 6.07) is 8.46. The fourth-order valence-corrected chi connectivity index (χ4v) is 4.05. The van der Waals surface area contributed by atoms with Gasteiger partial charge in [-0.1, -0.05) is 38.1 Å². The van der Waals surface area contributed by atoms with Gasteiger partial charge >= 0.3 is 0 Å². The fourth-order valence-electron chi connectivity index (χ4n) is 3.22. The van der Waals surface area contributed by atoms with Crippen molar-refractivity contribution in [1.82, 2.24) is 15.2 Å². The first-order chi connectivity index (χ1) is 13.1. The molecule has 1 atom stereocenters. The van der Waals surface area contributed by atoms with Crippen molar-refractivity contribution in [3.63, 3.8) is 0 Å². The molecular formula is C21H30N4OS. The molecule has 1 aromatic carbocycles. The minimum Gasteiger partial charge on any atom is -0.370 e. The highest BCUT2D eigenvalue weighted by molar-refractivity contribution is 7.09. The molecule has 1 aromatic heterocycles. The summed E-state index contributed by atoms with van der Waals surface area (Å²) in [5.41, 5.74) is 3.58. The minimum absolute atomic E-state index is 0.0793. The zero-order chi connectivity index (χ0) is 19.2. The van der Waals surface area contributed by atoms with Crippen molar-refractivity contribution < 1.29 is 4.74 Å². The number of thiazole rings is 1. The lowest BCUT2D eigenvalue weighted by Crippen LogP contribution is -2.48. The number of ether oxygens (including phenoxy) is 1. The molecular weight excluding hydrogens is 356 g/mol. The quantitative estimate of drug-likeness (QED) is 0.620.